The molecule has 0 bridgehead atoms. The fourth-order valence-electron chi connectivity index (χ4n) is 1.14. The predicted molar refractivity (Wildman–Crippen MR) is 56.9 cm³/mol. The smallest absolute Gasteiger partial charge is 0.348 e. The van der Waals surface area contributed by atoms with Crippen molar-refractivity contribution in [3.8, 4) is 0 Å². The van der Waals surface area contributed by atoms with Gasteiger partial charge in [-0.15, -0.1) is 0 Å². The third-order valence-corrected chi connectivity index (χ3v) is 2.03. The van der Waals surface area contributed by atoms with E-state index < -0.39 is 30.1 Å². The maximum atomic E-state index is 11.5. The van der Waals surface area contributed by atoms with Gasteiger partial charge in [-0.25, -0.2) is 14.4 Å². The summed E-state index contributed by atoms with van der Waals surface area (Å²) >= 11 is 0. The molecule has 0 heterocycles. The summed E-state index contributed by atoms with van der Waals surface area (Å²) in [6.45, 7) is 0. The lowest BCUT2D eigenvalue weighted by Gasteiger charge is -2.16. The zero-order valence-electron chi connectivity index (χ0n) is 9.02. The lowest BCUT2D eigenvalue weighted by Crippen LogP contribution is -2.43. The van der Waals surface area contributed by atoms with Crippen LogP contribution in [0.3, 0.4) is 0 Å². The Bertz CT molecular complexity index is 454. The standard InChI is InChI=1S/C11H10O7/c12-7(9(13)14)8(10(15)16)18-11(17)6-4-2-1-3-5-6/h1-5,7-8,12H,(H,13,14)(H,15,16)/t7-,8+/m0/s1. The summed E-state index contributed by atoms with van der Waals surface area (Å²) in [4.78, 5) is 32.7. The summed E-state index contributed by atoms with van der Waals surface area (Å²) in [5.41, 5.74) is 0.0568. The van der Waals surface area contributed by atoms with Gasteiger partial charge < -0.3 is 20.1 Å². The van der Waals surface area contributed by atoms with Gasteiger partial charge in [-0.1, -0.05) is 18.2 Å². The van der Waals surface area contributed by atoms with Gasteiger partial charge in [0.15, 0.2) is 6.10 Å². The summed E-state index contributed by atoms with van der Waals surface area (Å²) in [6.07, 6.45) is -4.48. The van der Waals surface area contributed by atoms with Crippen LogP contribution in [0.5, 0.6) is 0 Å². The van der Waals surface area contributed by atoms with Crippen molar-refractivity contribution in [2.24, 2.45) is 0 Å². The molecule has 0 spiro atoms. The molecular weight excluding hydrogens is 244 g/mol. The first-order valence-corrected chi connectivity index (χ1v) is 4.83. The molecule has 18 heavy (non-hydrogen) atoms. The fourth-order valence-corrected chi connectivity index (χ4v) is 1.14. The van der Waals surface area contributed by atoms with Crippen LogP contribution in [0.4, 0.5) is 0 Å². The molecule has 2 atom stereocenters. The predicted octanol–water partition coefficient (Wildman–Crippen LogP) is -0.258. The van der Waals surface area contributed by atoms with E-state index in [1.807, 2.05) is 0 Å². The van der Waals surface area contributed by atoms with Gasteiger partial charge in [0, 0.05) is 0 Å². The lowest BCUT2D eigenvalue weighted by molar-refractivity contribution is -0.166. The third-order valence-electron chi connectivity index (χ3n) is 2.03. The molecule has 1 rings (SSSR count). The van der Waals surface area contributed by atoms with Crippen LogP contribution in [0.15, 0.2) is 30.3 Å². The van der Waals surface area contributed by atoms with E-state index in [0.29, 0.717) is 0 Å². The highest BCUT2D eigenvalue weighted by molar-refractivity contribution is 5.92. The van der Waals surface area contributed by atoms with Gasteiger partial charge >= 0.3 is 17.9 Å². The average molecular weight is 254 g/mol. The number of carbonyl (C=O) groups excluding carboxylic acids is 1. The highest BCUT2D eigenvalue weighted by Crippen LogP contribution is 2.07. The minimum absolute atomic E-state index is 0.0568. The minimum atomic E-state index is -2.32. The van der Waals surface area contributed by atoms with Crippen molar-refractivity contribution in [3.05, 3.63) is 35.9 Å². The molecule has 0 aliphatic heterocycles. The van der Waals surface area contributed by atoms with E-state index in [4.69, 9.17) is 15.3 Å². The molecule has 0 radical (unpaired) electrons. The molecule has 1 aromatic carbocycles. The molecule has 0 aromatic heterocycles. The van der Waals surface area contributed by atoms with Gasteiger partial charge in [0.05, 0.1) is 5.56 Å². The summed E-state index contributed by atoms with van der Waals surface area (Å²) in [5.74, 6) is -4.55. The van der Waals surface area contributed by atoms with Crippen LogP contribution in [0.2, 0.25) is 0 Å². The molecule has 0 unspecified atom stereocenters. The number of carboxylic acid groups (broad SMARTS) is 2. The van der Waals surface area contributed by atoms with Crippen LogP contribution in [0, 0.1) is 0 Å². The molecular formula is C11H10O7. The number of aliphatic hydroxyl groups is 1. The topological polar surface area (TPSA) is 121 Å². The first-order chi connectivity index (χ1) is 8.43. The lowest BCUT2D eigenvalue weighted by atomic mass is 10.2. The van der Waals surface area contributed by atoms with E-state index in [9.17, 15) is 14.4 Å². The zero-order chi connectivity index (χ0) is 13.7. The number of hydrogen-bond donors (Lipinski definition) is 3. The van der Waals surface area contributed by atoms with E-state index in [1.54, 1.807) is 6.07 Å². The number of hydrogen-bond acceptors (Lipinski definition) is 5. The Hall–Kier alpha value is -2.41. The summed E-state index contributed by atoms with van der Waals surface area (Å²) in [5, 5.41) is 26.3. The average Bonchev–Trinajstić information content (AvgIpc) is 2.35. The van der Waals surface area contributed by atoms with Crippen molar-refractivity contribution in [3.63, 3.8) is 0 Å². The van der Waals surface area contributed by atoms with Crippen molar-refractivity contribution in [2.45, 2.75) is 12.2 Å². The second-order valence-corrected chi connectivity index (χ2v) is 3.31. The first-order valence-electron chi connectivity index (χ1n) is 4.83. The summed E-state index contributed by atoms with van der Waals surface area (Å²) in [7, 11) is 0. The van der Waals surface area contributed by atoms with Crippen LogP contribution in [-0.2, 0) is 14.3 Å². The molecule has 7 heteroatoms. The molecule has 0 saturated heterocycles. The SMILES string of the molecule is O=C(O[C@@H](C(=O)O)[C@H](O)C(=O)O)c1ccccc1. The first kappa shape index (κ1) is 13.7. The van der Waals surface area contributed by atoms with Crippen molar-refractivity contribution >= 4 is 17.9 Å². The van der Waals surface area contributed by atoms with E-state index in [1.165, 1.54) is 24.3 Å². The Balaban J connectivity index is 2.83. The molecule has 7 nitrogen and oxygen atoms in total. The van der Waals surface area contributed by atoms with Crippen LogP contribution >= 0.6 is 0 Å². The number of rotatable bonds is 5. The number of benzene rings is 1. The summed E-state index contributed by atoms with van der Waals surface area (Å²) < 4.78 is 4.45. The number of aliphatic hydroxyl groups excluding tert-OH is 1. The van der Waals surface area contributed by atoms with Crippen LogP contribution in [0.25, 0.3) is 0 Å². The van der Waals surface area contributed by atoms with E-state index >= 15 is 0 Å². The molecule has 1 aromatic rings. The Morgan fingerprint density at radius 2 is 1.56 bits per heavy atom. The molecule has 96 valence electrons. The Labute approximate surface area is 101 Å². The Morgan fingerprint density at radius 1 is 1.00 bits per heavy atom. The van der Waals surface area contributed by atoms with Crippen molar-refractivity contribution < 1.29 is 34.4 Å². The minimum Gasteiger partial charge on any atom is -0.479 e. The monoisotopic (exact) mass is 254 g/mol. The fraction of sp³-hybridized carbons (Fsp3) is 0.182. The second kappa shape index (κ2) is 5.78. The number of carbonyl (C=O) groups is 3. The largest absolute Gasteiger partial charge is 0.479 e. The molecule has 0 aliphatic rings. The van der Waals surface area contributed by atoms with Gasteiger partial charge in [-0.3, -0.25) is 0 Å². The molecule has 0 saturated carbocycles. The molecule has 3 N–H and O–H groups in total. The van der Waals surface area contributed by atoms with Gasteiger partial charge in [0.1, 0.15) is 0 Å². The number of carboxylic acids is 2. The van der Waals surface area contributed by atoms with Crippen molar-refractivity contribution in [1.82, 2.24) is 0 Å². The van der Waals surface area contributed by atoms with Crippen LogP contribution in [0.1, 0.15) is 10.4 Å². The third kappa shape index (κ3) is 3.29. The second-order valence-electron chi connectivity index (χ2n) is 3.31. The molecule has 0 amide bonds. The maximum absolute atomic E-state index is 11.5. The van der Waals surface area contributed by atoms with Crippen LogP contribution in [-0.4, -0.2) is 45.4 Å². The number of ether oxygens (including phenoxy) is 1. The Kier molecular flexibility index (Phi) is 4.39. The maximum Gasteiger partial charge on any atom is 0.348 e. The highest BCUT2D eigenvalue weighted by Gasteiger charge is 2.35. The van der Waals surface area contributed by atoms with Gasteiger partial charge in [0.25, 0.3) is 0 Å². The van der Waals surface area contributed by atoms with Crippen molar-refractivity contribution in [1.29, 1.82) is 0 Å². The van der Waals surface area contributed by atoms with Gasteiger partial charge in [-0.2, -0.15) is 0 Å². The normalized spacial score (nSPS) is 13.4. The van der Waals surface area contributed by atoms with Crippen LogP contribution < -0.4 is 0 Å². The highest BCUT2D eigenvalue weighted by atomic mass is 16.6. The quantitative estimate of drug-likeness (QED) is 0.619. The van der Waals surface area contributed by atoms with E-state index in [0.717, 1.165) is 0 Å². The zero-order valence-corrected chi connectivity index (χ0v) is 9.02. The van der Waals surface area contributed by atoms with E-state index in [-0.39, 0.29) is 5.56 Å². The molecule has 0 aliphatic carbocycles. The van der Waals surface area contributed by atoms with Crippen molar-refractivity contribution in [2.75, 3.05) is 0 Å². The van der Waals surface area contributed by atoms with Gasteiger partial charge in [-0.05, 0) is 12.1 Å². The Morgan fingerprint density at radius 3 is 2.00 bits per heavy atom. The van der Waals surface area contributed by atoms with Gasteiger partial charge in [0.2, 0.25) is 6.10 Å². The number of esters is 1. The summed E-state index contributed by atoms with van der Waals surface area (Å²) in [6, 6.07) is 7.43. The number of aliphatic carboxylic acids is 2. The van der Waals surface area contributed by atoms with E-state index in [2.05, 4.69) is 4.74 Å². The molecule has 0 fully saturated rings.